The van der Waals surface area contributed by atoms with Crippen LogP contribution in [0.1, 0.15) is 20.9 Å². The van der Waals surface area contributed by atoms with Crippen LogP contribution < -0.4 is 5.32 Å². The van der Waals surface area contributed by atoms with Crippen LogP contribution in [0.15, 0.2) is 42.5 Å². The number of rotatable bonds is 2. The predicted octanol–water partition coefficient (Wildman–Crippen LogP) is 3.96. The average Bonchev–Trinajstić information content (AvgIpc) is 2.95. The zero-order valence-corrected chi connectivity index (χ0v) is 14.9. The van der Waals surface area contributed by atoms with E-state index < -0.39 is 0 Å². The Morgan fingerprint density at radius 1 is 1.21 bits per heavy atom. The molecule has 0 saturated heterocycles. The first-order chi connectivity index (χ1) is 11.2. The first-order valence-electron chi connectivity index (χ1n) is 7.67. The number of carbonyl (C=O) groups is 1. The van der Waals surface area contributed by atoms with Crippen LogP contribution >= 0.6 is 23.7 Å². The normalized spacial score (nSPS) is 14.0. The minimum atomic E-state index is -0.0961. The number of nitrogens with zero attached hydrogens (tertiary/aromatic N) is 2. The number of aromatic nitrogens is 1. The molecule has 0 spiro atoms. The highest BCUT2D eigenvalue weighted by atomic mass is 35.5. The van der Waals surface area contributed by atoms with Gasteiger partial charge in [0.05, 0.1) is 5.69 Å². The fraction of sp³-hybridized carbons (Fsp3) is 0.222. The molecule has 1 N–H and O–H groups in total. The van der Waals surface area contributed by atoms with Crippen LogP contribution in [0.5, 0.6) is 0 Å². The largest absolute Gasteiger partial charge is 0.301 e. The van der Waals surface area contributed by atoms with Gasteiger partial charge >= 0.3 is 0 Å². The molecule has 124 valence electrons. The fourth-order valence-corrected chi connectivity index (χ4v) is 4.05. The minimum Gasteiger partial charge on any atom is -0.301 e. The van der Waals surface area contributed by atoms with Crippen LogP contribution in [0.25, 0.3) is 10.8 Å². The van der Waals surface area contributed by atoms with Gasteiger partial charge in [-0.3, -0.25) is 10.1 Å². The zero-order valence-electron chi connectivity index (χ0n) is 13.3. The van der Waals surface area contributed by atoms with Crippen molar-refractivity contribution in [3.05, 3.63) is 58.6 Å². The van der Waals surface area contributed by atoms with Crippen LogP contribution in [0.3, 0.4) is 0 Å². The average molecular weight is 360 g/mol. The third-order valence-electron chi connectivity index (χ3n) is 4.18. The van der Waals surface area contributed by atoms with E-state index in [1.54, 1.807) is 11.3 Å². The van der Waals surface area contributed by atoms with Gasteiger partial charge in [0.25, 0.3) is 5.91 Å². The molecule has 24 heavy (non-hydrogen) atoms. The highest BCUT2D eigenvalue weighted by Gasteiger charge is 2.19. The molecule has 0 bridgehead atoms. The monoisotopic (exact) mass is 359 g/mol. The molecular weight excluding hydrogens is 342 g/mol. The number of likely N-dealkylation sites (N-methyl/N-ethyl adjacent to an activating group) is 1. The van der Waals surface area contributed by atoms with Crippen molar-refractivity contribution < 1.29 is 4.79 Å². The van der Waals surface area contributed by atoms with Crippen LogP contribution in [0, 0.1) is 0 Å². The van der Waals surface area contributed by atoms with Crippen molar-refractivity contribution in [3.63, 3.8) is 0 Å². The molecule has 1 aliphatic rings. The van der Waals surface area contributed by atoms with Crippen LogP contribution in [-0.4, -0.2) is 29.4 Å². The number of hydrogen-bond acceptors (Lipinski definition) is 4. The lowest BCUT2D eigenvalue weighted by Gasteiger charge is -2.20. The number of amides is 1. The number of benzene rings is 2. The van der Waals surface area contributed by atoms with Crippen molar-refractivity contribution in [1.29, 1.82) is 0 Å². The standard InChI is InChI=1S/C18H17N3OS.ClH/c1-21-10-9-15-16(11-21)23-18(19-15)20-17(22)14-8-4-6-12-5-2-3-7-13(12)14;/h2-8H,9-11H2,1H3,(H,19,20,22);1H. The quantitative estimate of drug-likeness (QED) is 0.753. The molecule has 2 heterocycles. The number of thiazole rings is 1. The van der Waals surface area contributed by atoms with Crippen LogP contribution in [0.4, 0.5) is 5.13 Å². The molecule has 0 fully saturated rings. The smallest absolute Gasteiger partial charge is 0.258 e. The van der Waals surface area contributed by atoms with E-state index in [0.29, 0.717) is 10.7 Å². The molecule has 2 aromatic carbocycles. The molecule has 4 rings (SSSR count). The van der Waals surface area contributed by atoms with Gasteiger partial charge in [0.15, 0.2) is 5.13 Å². The number of anilines is 1. The summed E-state index contributed by atoms with van der Waals surface area (Å²) in [5.74, 6) is -0.0961. The van der Waals surface area contributed by atoms with Gasteiger partial charge in [-0.15, -0.1) is 23.7 Å². The van der Waals surface area contributed by atoms with Crippen molar-refractivity contribution in [2.75, 3.05) is 18.9 Å². The molecule has 6 heteroatoms. The Balaban J connectivity index is 0.00000169. The summed E-state index contributed by atoms with van der Waals surface area (Å²) in [5, 5.41) is 5.71. The summed E-state index contributed by atoms with van der Waals surface area (Å²) >= 11 is 1.58. The van der Waals surface area contributed by atoms with Gasteiger partial charge in [0.1, 0.15) is 0 Å². The Morgan fingerprint density at radius 3 is 2.88 bits per heavy atom. The topological polar surface area (TPSA) is 45.2 Å². The molecule has 0 aliphatic carbocycles. The Bertz CT molecular complexity index is 888. The van der Waals surface area contributed by atoms with Gasteiger partial charge in [0, 0.05) is 30.0 Å². The van der Waals surface area contributed by atoms with Crippen molar-refractivity contribution in [2.24, 2.45) is 0 Å². The molecule has 1 aliphatic heterocycles. The molecule has 3 aromatic rings. The Morgan fingerprint density at radius 2 is 2.00 bits per heavy atom. The Kier molecular flexibility index (Phi) is 4.85. The van der Waals surface area contributed by atoms with Gasteiger partial charge in [-0.1, -0.05) is 36.4 Å². The summed E-state index contributed by atoms with van der Waals surface area (Å²) in [6, 6.07) is 13.7. The second kappa shape index (κ2) is 6.89. The van der Waals surface area contributed by atoms with Crippen LogP contribution in [0.2, 0.25) is 0 Å². The third-order valence-corrected chi connectivity index (χ3v) is 5.17. The van der Waals surface area contributed by atoms with Crippen molar-refractivity contribution in [3.8, 4) is 0 Å². The first-order valence-corrected chi connectivity index (χ1v) is 8.48. The lowest BCUT2D eigenvalue weighted by Crippen LogP contribution is -2.25. The Hall–Kier alpha value is -1.95. The molecule has 4 nitrogen and oxygen atoms in total. The number of carbonyl (C=O) groups excluding carboxylic acids is 1. The second-order valence-corrected chi connectivity index (χ2v) is 6.94. The summed E-state index contributed by atoms with van der Waals surface area (Å²) in [6.45, 7) is 1.94. The molecule has 1 amide bonds. The zero-order chi connectivity index (χ0) is 15.8. The van der Waals surface area contributed by atoms with Crippen LogP contribution in [-0.2, 0) is 13.0 Å². The summed E-state index contributed by atoms with van der Waals surface area (Å²) in [6.07, 6.45) is 0.951. The summed E-state index contributed by atoms with van der Waals surface area (Å²) in [7, 11) is 2.11. The lowest BCUT2D eigenvalue weighted by molar-refractivity contribution is 0.102. The molecule has 0 radical (unpaired) electrons. The van der Waals surface area contributed by atoms with E-state index in [-0.39, 0.29) is 18.3 Å². The number of halogens is 1. The molecule has 1 aromatic heterocycles. The molecule has 0 unspecified atom stereocenters. The second-order valence-electron chi connectivity index (χ2n) is 5.86. The SMILES string of the molecule is CN1CCc2nc(NC(=O)c3cccc4ccccc34)sc2C1.Cl. The number of hydrogen-bond donors (Lipinski definition) is 1. The van der Waals surface area contributed by atoms with Gasteiger partial charge < -0.3 is 4.90 Å². The minimum absolute atomic E-state index is 0. The van der Waals surface area contributed by atoms with E-state index in [4.69, 9.17) is 0 Å². The van der Waals surface area contributed by atoms with Crippen molar-refractivity contribution in [2.45, 2.75) is 13.0 Å². The first kappa shape index (κ1) is 16.9. The van der Waals surface area contributed by atoms with Crippen molar-refractivity contribution in [1.82, 2.24) is 9.88 Å². The van der Waals surface area contributed by atoms with Gasteiger partial charge in [-0.05, 0) is 23.9 Å². The van der Waals surface area contributed by atoms with Gasteiger partial charge in [-0.25, -0.2) is 4.98 Å². The number of fused-ring (bicyclic) bond motifs is 2. The fourth-order valence-electron chi connectivity index (χ4n) is 2.96. The highest BCUT2D eigenvalue weighted by Crippen LogP contribution is 2.28. The highest BCUT2D eigenvalue weighted by molar-refractivity contribution is 7.15. The molecule has 0 atom stereocenters. The van der Waals surface area contributed by atoms with E-state index in [2.05, 4.69) is 22.2 Å². The maximum absolute atomic E-state index is 12.7. The maximum atomic E-state index is 12.7. The van der Waals surface area contributed by atoms with E-state index in [1.807, 2.05) is 42.5 Å². The van der Waals surface area contributed by atoms with Gasteiger partial charge in [-0.2, -0.15) is 0 Å². The van der Waals surface area contributed by atoms with Crippen molar-refractivity contribution >= 4 is 45.6 Å². The lowest BCUT2D eigenvalue weighted by atomic mass is 10.0. The predicted molar refractivity (Wildman–Crippen MR) is 101 cm³/mol. The summed E-state index contributed by atoms with van der Waals surface area (Å²) in [4.78, 5) is 20.8. The number of nitrogens with one attached hydrogen (secondary N) is 1. The molecular formula is C18H18ClN3OS. The maximum Gasteiger partial charge on any atom is 0.258 e. The summed E-state index contributed by atoms with van der Waals surface area (Å²) < 4.78 is 0. The third kappa shape index (κ3) is 3.15. The van der Waals surface area contributed by atoms with E-state index >= 15 is 0 Å². The summed E-state index contributed by atoms with van der Waals surface area (Å²) in [5.41, 5.74) is 1.81. The molecule has 0 saturated carbocycles. The Labute approximate surface area is 150 Å². The van der Waals surface area contributed by atoms with Gasteiger partial charge in [0.2, 0.25) is 0 Å². The van der Waals surface area contributed by atoms with E-state index in [0.717, 1.165) is 36.0 Å². The van der Waals surface area contributed by atoms with E-state index in [1.165, 1.54) is 4.88 Å². The van der Waals surface area contributed by atoms with E-state index in [9.17, 15) is 4.79 Å².